The second-order valence-electron chi connectivity index (χ2n) is 3.42. The Labute approximate surface area is 82.7 Å². The molecule has 3 heteroatoms. The number of thiophene rings is 1. The van der Waals surface area contributed by atoms with E-state index in [4.69, 9.17) is 10.5 Å². The van der Waals surface area contributed by atoms with E-state index in [9.17, 15) is 0 Å². The molecule has 0 aliphatic carbocycles. The lowest BCUT2D eigenvalue weighted by Crippen LogP contribution is -2.22. The predicted molar refractivity (Wildman–Crippen MR) is 56.8 cm³/mol. The van der Waals surface area contributed by atoms with E-state index < -0.39 is 0 Å². The van der Waals surface area contributed by atoms with Gasteiger partial charge in [-0.3, -0.25) is 0 Å². The lowest BCUT2D eigenvalue weighted by molar-refractivity contribution is 0.249. The van der Waals surface area contributed by atoms with Crippen LogP contribution in [0, 0.1) is 5.41 Å². The molecule has 0 radical (unpaired) electrons. The molecule has 2 nitrogen and oxygen atoms in total. The Morgan fingerprint density at radius 1 is 1.69 bits per heavy atom. The molecule has 72 valence electrons. The van der Waals surface area contributed by atoms with Crippen molar-refractivity contribution in [2.45, 2.75) is 25.2 Å². The number of hydrogen-bond donors (Lipinski definition) is 2. The van der Waals surface area contributed by atoms with Gasteiger partial charge < -0.3 is 10.5 Å². The average Bonchev–Trinajstić information content (AvgIpc) is 2.57. The molecule has 0 bridgehead atoms. The zero-order valence-electron chi connectivity index (χ0n) is 7.79. The van der Waals surface area contributed by atoms with Gasteiger partial charge in [0.25, 0.3) is 0 Å². The molecule has 0 fully saturated rings. The predicted octanol–water partition coefficient (Wildman–Crippen LogP) is 2.43. The van der Waals surface area contributed by atoms with Gasteiger partial charge >= 0.3 is 0 Å². The van der Waals surface area contributed by atoms with Gasteiger partial charge in [-0.2, -0.15) is 0 Å². The van der Waals surface area contributed by atoms with Crippen molar-refractivity contribution in [2.75, 3.05) is 6.61 Å². The highest BCUT2D eigenvalue weighted by Gasteiger charge is 2.25. The molecule has 1 rings (SSSR count). The van der Waals surface area contributed by atoms with Gasteiger partial charge in [0.15, 0.2) is 0 Å². The van der Waals surface area contributed by atoms with Crippen molar-refractivity contribution in [3.05, 3.63) is 22.4 Å². The lowest BCUT2D eigenvalue weighted by atomic mass is 9.82. The third kappa shape index (κ3) is 2.39. The highest BCUT2D eigenvalue weighted by molar-refractivity contribution is 7.10. The van der Waals surface area contributed by atoms with Gasteiger partial charge in [-0.25, -0.2) is 0 Å². The van der Waals surface area contributed by atoms with E-state index in [1.165, 1.54) is 11.1 Å². The minimum absolute atomic E-state index is 0.0509. The Morgan fingerprint density at radius 3 is 2.92 bits per heavy atom. The Bertz CT molecular complexity index is 258. The molecule has 0 spiro atoms. The molecular weight excluding hydrogens is 182 g/mol. The summed E-state index contributed by atoms with van der Waals surface area (Å²) in [6, 6.07) is 4.09. The molecule has 1 aromatic rings. The third-order valence-electron chi connectivity index (χ3n) is 2.33. The summed E-state index contributed by atoms with van der Waals surface area (Å²) in [6.07, 6.45) is 2.85. The average molecular weight is 197 g/mol. The van der Waals surface area contributed by atoms with E-state index in [-0.39, 0.29) is 12.0 Å². The SMILES string of the molecule is CC(CC=N)(CCO)c1cccs1. The van der Waals surface area contributed by atoms with Crippen LogP contribution in [-0.2, 0) is 5.41 Å². The third-order valence-corrected chi connectivity index (χ3v) is 3.51. The highest BCUT2D eigenvalue weighted by Crippen LogP contribution is 2.33. The zero-order chi connectivity index (χ0) is 9.73. The van der Waals surface area contributed by atoms with Crippen molar-refractivity contribution in [2.24, 2.45) is 0 Å². The second-order valence-corrected chi connectivity index (χ2v) is 4.37. The lowest BCUT2D eigenvalue weighted by Gasteiger charge is -2.25. The van der Waals surface area contributed by atoms with Gasteiger partial charge in [-0.1, -0.05) is 13.0 Å². The van der Waals surface area contributed by atoms with E-state index in [2.05, 4.69) is 13.0 Å². The molecular formula is C10H15NOS. The molecule has 1 heterocycles. The number of aliphatic hydroxyl groups is 1. The first-order chi connectivity index (χ1) is 6.23. The fourth-order valence-electron chi connectivity index (χ4n) is 1.42. The maximum Gasteiger partial charge on any atom is 0.0439 e. The van der Waals surface area contributed by atoms with E-state index >= 15 is 0 Å². The molecule has 1 aromatic heterocycles. The van der Waals surface area contributed by atoms with Crippen molar-refractivity contribution >= 4 is 17.6 Å². The van der Waals surface area contributed by atoms with Gasteiger partial charge in [0, 0.05) is 16.9 Å². The number of nitrogens with one attached hydrogen (secondary N) is 1. The van der Waals surface area contributed by atoms with Crippen LogP contribution in [0.15, 0.2) is 17.5 Å². The van der Waals surface area contributed by atoms with E-state index in [0.717, 1.165) is 6.42 Å². The molecule has 2 N–H and O–H groups in total. The topological polar surface area (TPSA) is 44.1 Å². The summed E-state index contributed by atoms with van der Waals surface area (Å²) in [6.45, 7) is 2.28. The molecule has 0 aromatic carbocycles. The van der Waals surface area contributed by atoms with Crippen LogP contribution in [0.5, 0.6) is 0 Å². The Morgan fingerprint density at radius 2 is 2.46 bits per heavy atom. The molecule has 1 unspecified atom stereocenters. The molecule has 1 atom stereocenters. The van der Waals surface area contributed by atoms with Gasteiger partial charge in [-0.05, 0) is 30.5 Å². The minimum Gasteiger partial charge on any atom is -0.396 e. The first-order valence-electron chi connectivity index (χ1n) is 4.37. The van der Waals surface area contributed by atoms with Crippen LogP contribution in [0.2, 0.25) is 0 Å². The summed E-state index contributed by atoms with van der Waals surface area (Å²) in [5, 5.41) is 18.1. The summed E-state index contributed by atoms with van der Waals surface area (Å²) >= 11 is 1.70. The van der Waals surface area contributed by atoms with Gasteiger partial charge in [0.05, 0.1) is 0 Å². The summed E-state index contributed by atoms with van der Waals surface area (Å²) < 4.78 is 0. The molecule has 0 saturated heterocycles. The largest absolute Gasteiger partial charge is 0.396 e. The Balaban J connectivity index is 2.83. The van der Waals surface area contributed by atoms with Gasteiger partial charge in [0.2, 0.25) is 0 Å². The molecule has 0 amide bonds. The molecule has 0 aliphatic rings. The van der Waals surface area contributed by atoms with Crippen LogP contribution in [0.3, 0.4) is 0 Å². The van der Waals surface area contributed by atoms with Crippen molar-refractivity contribution in [1.29, 1.82) is 5.41 Å². The first-order valence-corrected chi connectivity index (χ1v) is 5.25. The van der Waals surface area contributed by atoms with Gasteiger partial charge in [0.1, 0.15) is 0 Å². The fraction of sp³-hybridized carbons (Fsp3) is 0.500. The van der Waals surface area contributed by atoms with Crippen molar-refractivity contribution in [1.82, 2.24) is 0 Å². The summed E-state index contributed by atoms with van der Waals surface area (Å²) in [7, 11) is 0. The first kappa shape index (κ1) is 10.4. The summed E-state index contributed by atoms with van der Waals surface area (Å²) in [5.41, 5.74) is -0.0509. The summed E-state index contributed by atoms with van der Waals surface area (Å²) in [5.74, 6) is 0. The minimum atomic E-state index is -0.0509. The Kier molecular flexibility index (Phi) is 3.63. The summed E-state index contributed by atoms with van der Waals surface area (Å²) in [4.78, 5) is 1.25. The Hall–Kier alpha value is -0.670. The van der Waals surface area contributed by atoms with Crippen molar-refractivity contribution in [3.8, 4) is 0 Å². The number of aliphatic hydroxyl groups excluding tert-OH is 1. The van der Waals surface area contributed by atoms with E-state index in [0.29, 0.717) is 6.42 Å². The van der Waals surface area contributed by atoms with E-state index in [1.807, 2.05) is 11.4 Å². The maximum atomic E-state index is 8.96. The van der Waals surface area contributed by atoms with Crippen LogP contribution >= 0.6 is 11.3 Å². The van der Waals surface area contributed by atoms with E-state index in [1.54, 1.807) is 11.3 Å². The van der Waals surface area contributed by atoms with Crippen molar-refractivity contribution < 1.29 is 5.11 Å². The second kappa shape index (κ2) is 4.53. The highest BCUT2D eigenvalue weighted by atomic mass is 32.1. The monoisotopic (exact) mass is 197 g/mol. The fourth-order valence-corrected chi connectivity index (χ4v) is 2.35. The zero-order valence-corrected chi connectivity index (χ0v) is 8.60. The van der Waals surface area contributed by atoms with Crippen LogP contribution in [0.4, 0.5) is 0 Å². The van der Waals surface area contributed by atoms with Crippen LogP contribution in [-0.4, -0.2) is 17.9 Å². The van der Waals surface area contributed by atoms with Crippen LogP contribution in [0.1, 0.15) is 24.6 Å². The molecule has 13 heavy (non-hydrogen) atoms. The standard InChI is InChI=1S/C10H15NOS/c1-10(4-6-11,5-7-12)9-3-2-8-13-9/h2-3,6,8,11-12H,4-5,7H2,1H3. The van der Waals surface area contributed by atoms with Crippen molar-refractivity contribution in [3.63, 3.8) is 0 Å². The smallest absolute Gasteiger partial charge is 0.0439 e. The molecule has 0 saturated carbocycles. The van der Waals surface area contributed by atoms with Gasteiger partial charge in [-0.15, -0.1) is 11.3 Å². The van der Waals surface area contributed by atoms with Crippen LogP contribution < -0.4 is 0 Å². The number of rotatable bonds is 5. The maximum absolute atomic E-state index is 8.96. The molecule has 0 aliphatic heterocycles. The van der Waals surface area contributed by atoms with Crippen LogP contribution in [0.25, 0.3) is 0 Å². The normalized spacial score (nSPS) is 15.2. The quantitative estimate of drug-likeness (QED) is 0.699. The number of hydrogen-bond acceptors (Lipinski definition) is 3.